The fourth-order valence-corrected chi connectivity index (χ4v) is 0.430. The number of rotatable bonds is 5. The van der Waals surface area contributed by atoms with E-state index >= 15 is 0 Å². The molecule has 10 heavy (non-hydrogen) atoms. The number of nitrogens with zero attached hydrogens (tertiary/aromatic N) is 1. The van der Waals surface area contributed by atoms with Gasteiger partial charge in [-0.05, 0) is 21.1 Å². The summed E-state index contributed by atoms with van der Waals surface area (Å²) in [4.78, 5) is 1.99. The highest BCUT2D eigenvalue weighted by molar-refractivity contribution is 4.39. The van der Waals surface area contributed by atoms with Gasteiger partial charge in [-0.1, -0.05) is 0 Å². The minimum absolute atomic E-state index is 0.537. The molecule has 0 saturated carbocycles. The second-order valence-electron chi connectivity index (χ2n) is 2.32. The van der Waals surface area contributed by atoms with Crippen molar-refractivity contribution in [2.45, 2.75) is 6.41 Å². The predicted molar refractivity (Wildman–Crippen MR) is 39.6 cm³/mol. The van der Waals surface area contributed by atoms with Crippen molar-refractivity contribution in [2.24, 2.45) is 0 Å². The molecule has 0 amide bonds. The van der Waals surface area contributed by atoms with E-state index in [1.54, 1.807) is 7.05 Å². The Balaban J connectivity index is 3.03. The van der Waals surface area contributed by atoms with Gasteiger partial charge in [0.1, 0.15) is 0 Å². The quantitative estimate of drug-likeness (QED) is 0.494. The van der Waals surface area contributed by atoms with E-state index in [0.29, 0.717) is 6.61 Å². The molecule has 2 N–H and O–H groups in total. The van der Waals surface area contributed by atoms with Crippen LogP contribution in [0.3, 0.4) is 0 Å². The summed E-state index contributed by atoms with van der Waals surface area (Å²) in [6.07, 6.45) is -0.833. The third kappa shape index (κ3) is 5.97. The van der Waals surface area contributed by atoms with Gasteiger partial charge in [0, 0.05) is 6.54 Å². The van der Waals surface area contributed by atoms with Crippen LogP contribution in [-0.4, -0.2) is 50.7 Å². The van der Waals surface area contributed by atoms with Crippen LogP contribution >= 0.6 is 0 Å². The van der Waals surface area contributed by atoms with Crippen LogP contribution in [0.5, 0.6) is 0 Å². The molecule has 0 aromatic heterocycles. The minimum atomic E-state index is -0.833. The fraction of sp³-hybridized carbons (Fsp3) is 1.00. The van der Waals surface area contributed by atoms with E-state index in [9.17, 15) is 0 Å². The first-order valence-corrected chi connectivity index (χ1v) is 3.28. The molecule has 0 fully saturated rings. The molecule has 4 nitrogen and oxygen atoms in total. The van der Waals surface area contributed by atoms with Crippen LogP contribution in [0.15, 0.2) is 0 Å². The molecule has 0 radical (unpaired) electrons. The van der Waals surface area contributed by atoms with Crippen molar-refractivity contribution in [3.63, 3.8) is 0 Å². The molecule has 0 aromatic carbocycles. The summed E-state index contributed by atoms with van der Waals surface area (Å²) >= 11 is 0. The van der Waals surface area contributed by atoms with E-state index in [4.69, 9.17) is 9.84 Å². The SMILES string of the molecule is CNC(O)OCCN(C)C. The van der Waals surface area contributed by atoms with Gasteiger partial charge >= 0.3 is 0 Å². The van der Waals surface area contributed by atoms with Crippen molar-refractivity contribution >= 4 is 0 Å². The van der Waals surface area contributed by atoms with Crippen LogP contribution in [-0.2, 0) is 4.74 Å². The molecule has 0 aliphatic carbocycles. The fourth-order valence-electron chi connectivity index (χ4n) is 0.430. The summed E-state index contributed by atoms with van der Waals surface area (Å²) in [6, 6.07) is 0. The predicted octanol–water partition coefficient (Wildman–Crippen LogP) is -0.940. The average molecular weight is 148 g/mol. The van der Waals surface area contributed by atoms with Crippen molar-refractivity contribution in [1.29, 1.82) is 0 Å². The lowest BCUT2D eigenvalue weighted by molar-refractivity contribution is -0.117. The van der Waals surface area contributed by atoms with Gasteiger partial charge in [-0.25, -0.2) is 0 Å². The van der Waals surface area contributed by atoms with Crippen LogP contribution < -0.4 is 5.32 Å². The van der Waals surface area contributed by atoms with Crippen molar-refractivity contribution in [1.82, 2.24) is 10.2 Å². The summed E-state index contributed by atoms with van der Waals surface area (Å²) in [6.45, 7) is 1.35. The highest BCUT2D eigenvalue weighted by Gasteiger charge is 1.97. The van der Waals surface area contributed by atoms with Gasteiger partial charge in [-0.3, -0.25) is 5.32 Å². The van der Waals surface area contributed by atoms with E-state index < -0.39 is 6.41 Å². The zero-order chi connectivity index (χ0) is 7.98. The standard InChI is InChI=1S/C6H16N2O2/c1-7-6(9)10-5-4-8(2)3/h6-7,9H,4-5H2,1-3H3. The lowest BCUT2D eigenvalue weighted by Crippen LogP contribution is -2.30. The smallest absolute Gasteiger partial charge is 0.213 e. The molecule has 0 heterocycles. The zero-order valence-electron chi connectivity index (χ0n) is 6.79. The maximum Gasteiger partial charge on any atom is 0.213 e. The Kier molecular flexibility index (Phi) is 5.52. The number of aliphatic hydroxyl groups is 1. The molecule has 0 aliphatic heterocycles. The van der Waals surface area contributed by atoms with Gasteiger partial charge < -0.3 is 14.7 Å². The van der Waals surface area contributed by atoms with Gasteiger partial charge in [-0.2, -0.15) is 0 Å². The summed E-state index contributed by atoms with van der Waals surface area (Å²) in [5.74, 6) is 0. The maximum atomic E-state index is 8.82. The number of likely N-dealkylation sites (N-methyl/N-ethyl adjacent to an activating group) is 1. The molecule has 0 aliphatic rings. The third-order valence-corrected chi connectivity index (χ3v) is 1.06. The third-order valence-electron chi connectivity index (χ3n) is 1.06. The molecular formula is C6H16N2O2. The van der Waals surface area contributed by atoms with Crippen LogP contribution in [0.1, 0.15) is 0 Å². The summed E-state index contributed by atoms with van der Waals surface area (Å²) in [5, 5.41) is 11.4. The van der Waals surface area contributed by atoms with E-state index in [0.717, 1.165) is 6.54 Å². The van der Waals surface area contributed by atoms with E-state index in [2.05, 4.69) is 5.32 Å². The molecule has 0 rings (SSSR count). The first-order valence-electron chi connectivity index (χ1n) is 3.28. The van der Waals surface area contributed by atoms with E-state index in [1.165, 1.54) is 0 Å². The molecule has 4 heteroatoms. The molecular weight excluding hydrogens is 132 g/mol. The summed E-state index contributed by atoms with van der Waals surface area (Å²) in [7, 11) is 5.55. The largest absolute Gasteiger partial charge is 0.356 e. The highest BCUT2D eigenvalue weighted by atomic mass is 16.6. The van der Waals surface area contributed by atoms with E-state index in [-0.39, 0.29) is 0 Å². The molecule has 62 valence electrons. The Morgan fingerprint density at radius 3 is 2.60 bits per heavy atom. The Morgan fingerprint density at radius 2 is 2.20 bits per heavy atom. The van der Waals surface area contributed by atoms with Crippen molar-refractivity contribution in [3.05, 3.63) is 0 Å². The van der Waals surface area contributed by atoms with Gasteiger partial charge in [0.15, 0.2) is 0 Å². The van der Waals surface area contributed by atoms with Crippen molar-refractivity contribution in [3.8, 4) is 0 Å². The van der Waals surface area contributed by atoms with Crippen LogP contribution in [0.2, 0.25) is 0 Å². The Morgan fingerprint density at radius 1 is 1.60 bits per heavy atom. The molecule has 0 aromatic rings. The topological polar surface area (TPSA) is 44.7 Å². The number of nitrogens with one attached hydrogen (secondary N) is 1. The van der Waals surface area contributed by atoms with Crippen molar-refractivity contribution in [2.75, 3.05) is 34.3 Å². The second kappa shape index (κ2) is 5.61. The van der Waals surface area contributed by atoms with Crippen LogP contribution in [0, 0.1) is 0 Å². The second-order valence-corrected chi connectivity index (χ2v) is 2.32. The monoisotopic (exact) mass is 148 g/mol. The van der Waals surface area contributed by atoms with Crippen LogP contribution in [0.4, 0.5) is 0 Å². The molecule has 0 saturated heterocycles. The van der Waals surface area contributed by atoms with Crippen LogP contribution in [0.25, 0.3) is 0 Å². The molecule has 1 unspecified atom stereocenters. The lowest BCUT2D eigenvalue weighted by atomic mass is 10.6. The first-order chi connectivity index (χ1) is 4.66. The van der Waals surface area contributed by atoms with Gasteiger partial charge in [0.05, 0.1) is 6.61 Å². The number of ether oxygens (including phenoxy) is 1. The van der Waals surface area contributed by atoms with Gasteiger partial charge in [0.25, 0.3) is 0 Å². The summed E-state index contributed by atoms with van der Waals surface area (Å²) in [5.41, 5.74) is 0. The van der Waals surface area contributed by atoms with Gasteiger partial charge in [-0.15, -0.1) is 0 Å². The van der Waals surface area contributed by atoms with Crippen molar-refractivity contribution < 1.29 is 9.84 Å². The minimum Gasteiger partial charge on any atom is -0.356 e. The normalized spacial score (nSPS) is 14.1. The highest BCUT2D eigenvalue weighted by Crippen LogP contribution is 1.81. The zero-order valence-corrected chi connectivity index (χ0v) is 6.79. The average Bonchev–Trinajstić information content (AvgIpc) is 1.87. The Labute approximate surface area is 61.8 Å². The number of hydrogen-bond acceptors (Lipinski definition) is 4. The Bertz CT molecular complexity index is 78.1. The first kappa shape index (κ1) is 9.84. The van der Waals surface area contributed by atoms with Gasteiger partial charge in [0.2, 0.25) is 6.41 Å². The molecule has 0 bridgehead atoms. The number of hydrogen-bond donors (Lipinski definition) is 2. The number of aliphatic hydroxyl groups excluding tert-OH is 1. The summed E-state index contributed by atoms with van der Waals surface area (Å²) < 4.78 is 4.90. The maximum absolute atomic E-state index is 8.82. The lowest BCUT2D eigenvalue weighted by Gasteiger charge is -2.13. The van der Waals surface area contributed by atoms with E-state index in [1.807, 2.05) is 19.0 Å². The molecule has 0 spiro atoms. The molecule has 1 atom stereocenters. The Hall–Kier alpha value is -0.160.